The van der Waals surface area contributed by atoms with Gasteiger partial charge in [-0.25, -0.2) is 0 Å². The second-order valence-corrected chi connectivity index (χ2v) is 3.18. The molecule has 0 saturated carbocycles. The summed E-state index contributed by atoms with van der Waals surface area (Å²) in [6.07, 6.45) is 1.20. The van der Waals surface area contributed by atoms with Crippen LogP contribution in [0.5, 0.6) is 0 Å². The molecule has 0 spiro atoms. The van der Waals surface area contributed by atoms with E-state index in [1.165, 1.54) is 6.42 Å². The average Bonchev–Trinajstić information content (AvgIpc) is 1.94. The summed E-state index contributed by atoms with van der Waals surface area (Å²) in [6, 6.07) is 0. The van der Waals surface area contributed by atoms with Gasteiger partial charge in [-0.2, -0.15) is 0 Å². The van der Waals surface area contributed by atoms with E-state index < -0.39 is 0 Å². The van der Waals surface area contributed by atoms with Crippen LogP contribution in [0.15, 0.2) is 0 Å². The van der Waals surface area contributed by atoms with E-state index in [1.54, 1.807) is 0 Å². The van der Waals surface area contributed by atoms with Gasteiger partial charge in [-0.05, 0) is 13.0 Å². The lowest BCUT2D eigenvalue weighted by molar-refractivity contribution is 0.214. The lowest BCUT2D eigenvalue weighted by Crippen LogP contribution is -2.48. The highest BCUT2D eigenvalue weighted by Crippen LogP contribution is 2.06. The van der Waals surface area contributed by atoms with Crippen molar-refractivity contribution >= 4 is 11.6 Å². The molecule has 2 nitrogen and oxygen atoms in total. The fourth-order valence-electron chi connectivity index (χ4n) is 1.25. The molecule has 10 heavy (non-hydrogen) atoms. The van der Waals surface area contributed by atoms with Crippen LogP contribution in [0.2, 0.25) is 0 Å². The molecule has 1 N–H and O–H groups in total. The smallest absolute Gasteiger partial charge is 0.0976 e. The van der Waals surface area contributed by atoms with Crippen molar-refractivity contribution in [3.05, 3.63) is 0 Å². The number of hydrogen-bond donors (Lipinski definition) is 1. The van der Waals surface area contributed by atoms with Crippen LogP contribution in [0.1, 0.15) is 13.3 Å². The molecule has 1 saturated heterocycles. The highest BCUT2D eigenvalue weighted by molar-refractivity contribution is 6.20. The first-order valence-electron chi connectivity index (χ1n) is 3.93. The van der Waals surface area contributed by atoms with Gasteiger partial charge >= 0.3 is 0 Å². The Morgan fingerprint density at radius 2 is 2.50 bits per heavy atom. The lowest BCUT2D eigenvalue weighted by Gasteiger charge is -2.31. The van der Waals surface area contributed by atoms with Gasteiger partial charge in [0.1, 0.15) is 0 Å². The third-order valence-corrected chi connectivity index (χ3v) is 2.23. The third-order valence-electron chi connectivity index (χ3n) is 1.80. The molecule has 1 heterocycles. The number of alkyl halides is 1. The Kier molecular flexibility index (Phi) is 3.46. The van der Waals surface area contributed by atoms with Gasteiger partial charge in [-0.15, -0.1) is 11.6 Å². The number of hydrogen-bond acceptors (Lipinski definition) is 2. The quantitative estimate of drug-likeness (QED) is 0.479. The van der Waals surface area contributed by atoms with Crippen molar-refractivity contribution in [3.63, 3.8) is 0 Å². The van der Waals surface area contributed by atoms with Gasteiger partial charge in [-0.3, -0.25) is 4.90 Å². The Balaban J connectivity index is 2.25. The van der Waals surface area contributed by atoms with Crippen LogP contribution in [0.3, 0.4) is 0 Å². The van der Waals surface area contributed by atoms with Crippen LogP contribution in [0.25, 0.3) is 0 Å². The van der Waals surface area contributed by atoms with Crippen LogP contribution in [0, 0.1) is 0 Å². The van der Waals surface area contributed by atoms with Gasteiger partial charge in [0.15, 0.2) is 0 Å². The maximum Gasteiger partial charge on any atom is 0.0976 e. The summed E-state index contributed by atoms with van der Waals surface area (Å²) >= 11 is 6.02. The Bertz CT molecular complexity index is 95.6. The van der Waals surface area contributed by atoms with E-state index in [9.17, 15) is 0 Å². The summed E-state index contributed by atoms with van der Waals surface area (Å²) in [7, 11) is 0. The molecule has 1 aliphatic heterocycles. The molecule has 1 unspecified atom stereocenters. The zero-order valence-electron chi connectivity index (χ0n) is 6.44. The van der Waals surface area contributed by atoms with Crippen LogP contribution in [-0.2, 0) is 0 Å². The molecule has 0 amide bonds. The molecule has 3 heteroatoms. The topological polar surface area (TPSA) is 15.3 Å². The maximum atomic E-state index is 6.02. The number of rotatable bonds is 2. The van der Waals surface area contributed by atoms with Crippen molar-refractivity contribution < 1.29 is 0 Å². The average molecular weight is 163 g/mol. The Morgan fingerprint density at radius 1 is 1.70 bits per heavy atom. The summed E-state index contributed by atoms with van der Waals surface area (Å²) in [5.74, 6) is 0. The van der Waals surface area contributed by atoms with Crippen LogP contribution in [0.4, 0.5) is 0 Å². The molecular weight excluding hydrogens is 148 g/mol. The fraction of sp³-hybridized carbons (Fsp3) is 1.00. The van der Waals surface area contributed by atoms with E-state index in [2.05, 4.69) is 17.1 Å². The zero-order chi connectivity index (χ0) is 7.40. The summed E-state index contributed by atoms with van der Waals surface area (Å²) in [6.45, 7) is 6.44. The third kappa shape index (κ3) is 2.11. The Labute approximate surface area is 67.5 Å². The molecule has 1 atom stereocenters. The first-order chi connectivity index (χ1) is 4.84. The second-order valence-electron chi connectivity index (χ2n) is 2.67. The molecular formula is C7H15ClN2. The van der Waals surface area contributed by atoms with Crippen LogP contribution >= 0.6 is 11.6 Å². The van der Waals surface area contributed by atoms with Crippen molar-refractivity contribution in [3.8, 4) is 0 Å². The van der Waals surface area contributed by atoms with Crippen molar-refractivity contribution in [2.24, 2.45) is 0 Å². The van der Waals surface area contributed by atoms with Gasteiger partial charge < -0.3 is 5.32 Å². The van der Waals surface area contributed by atoms with E-state index in [0.29, 0.717) is 0 Å². The van der Waals surface area contributed by atoms with Crippen LogP contribution in [-0.4, -0.2) is 36.6 Å². The molecule has 0 radical (unpaired) electrons. The molecule has 1 rings (SSSR count). The summed E-state index contributed by atoms with van der Waals surface area (Å²) in [4.78, 5) is 2.32. The Hall–Kier alpha value is 0.210. The first kappa shape index (κ1) is 8.31. The summed E-state index contributed by atoms with van der Waals surface area (Å²) in [5, 5.41) is 3.25. The van der Waals surface area contributed by atoms with Crippen LogP contribution < -0.4 is 5.32 Å². The summed E-state index contributed by atoms with van der Waals surface area (Å²) < 4.78 is 0. The van der Waals surface area contributed by atoms with Gasteiger partial charge in [0.05, 0.1) is 5.50 Å². The largest absolute Gasteiger partial charge is 0.313 e. The highest BCUT2D eigenvalue weighted by atomic mass is 35.5. The normalized spacial score (nSPS) is 28.8. The molecule has 0 aromatic carbocycles. The molecule has 60 valence electrons. The van der Waals surface area contributed by atoms with E-state index in [4.69, 9.17) is 11.6 Å². The van der Waals surface area contributed by atoms with E-state index in [0.717, 1.165) is 26.2 Å². The van der Waals surface area contributed by atoms with Crippen molar-refractivity contribution in [1.29, 1.82) is 0 Å². The van der Waals surface area contributed by atoms with E-state index in [1.807, 2.05) is 0 Å². The monoisotopic (exact) mass is 162 g/mol. The predicted molar refractivity (Wildman–Crippen MR) is 44.4 cm³/mol. The molecule has 0 aromatic rings. The number of nitrogens with zero attached hydrogens (tertiary/aromatic N) is 1. The SMILES string of the molecule is CCCN1CCNCC1Cl. The van der Waals surface area contributed by atoms with E-state index >= 15 is 0 Å². The minimum atomic E-state index is 0.216. The highest BCUT2D eigenvalue weighted by Gasteiger charge is 2.17. The second kappa shape index (κ2) is 4.16. The van der Waals surface area contributed by atoms with Gasteiger partial charge in [0.2, 0.25) is 0 Å². The van der Waals surface area contributed by atoms with Crippen molar-refractivity contribution in [1.82, 2.24) is 10.2 Å². The number of nitrogens with one attached hydrogen (secondary N) is 1. The Morgan fingerprint density at radius 3 is 3.10 bits per heavy atom. The van der Waals surface area contributed by atoms with Crippen molar-refractivity contribution in [2.75, 3.05) is 26.2 Å². The zero-order valence-corrected chi connectivity index (χ0v) is 7.19. The molecule has 0 bridgehead atoms. The number of piperazine rings is 1. The van der Waals surface area contributed by atoms with Crippen molar-refractivity contribution in [2.45, 2.75) is 18.8 Å². The van der Waals surface area contributed by atoms with Gasteiger partial charge in [-0.1, -0.05) is 6.92 Å². The fourth-order valence-corrected chi connectivity index (χ4v) is 1.56. The predicted octanol–water partition coefficient (Wildman–Crippen LogP) is 0.866. The van der Waals surface area contributed by atoms with Gasteiger partial charge in [0.25, 0.3) is 0 Å². The first-order valence-corrected chi connectivity index (χ1v) is 4.37. The molecule has 1 aliphatic rings. The minimum absolute atomic E-state index is 0.216. The molecule has 0 aliphatic carbocycles. The summed E-state index contributed by atoms with van der Waals surface area (Å²) in [5.41, 5.74) is 0.216. The van der Waals surface area contributed by atoms with Gasteiger partial charge in [0, 0.05) is 19.6 Å². The lowest BCUT2D eigenvalue weighted by atomic mass is 10.3. The number of halogens is 1. The molecule has 1 fully saturated rings. The molecule has 0 aromatic heterocycles. The maximum absolute atomic E-state index is 6.02. The minimum Gasteiger partial charge on any atom is -0.313 e. The van der Waals surface area contributed by atoms with E-state index in [-0.39, 0.29) is 5.50 Å². The standard InChI is InChI=1S/C7H15ClN2/c1-2-4-10-5-3-9-6-7(10)8/h7,9H,2-6H2,1H3.